The van der Waals surface area contributed by atoms with E-state index in [0.29, 0.717) is 17.3 Å². The summed E-state index contributed by atoms with van der Waals surface area (Å²) < 4.78 is 58.2. The molecular weight excluding hydrogens is 394 g/mol. The fourth-order valence-corrected chi connectivity index (χ4v) is 5.34. The van der Waals surface area contributed by atoms with E-state index in [0.717, 1.165) is 0 Å². The van der Waals surface area contributed by atoms with E-state index in [2.05, 4.69) is 4.72 Å². The molecule has 0 aliphatic carbocycles. The zero-order valence-corrected chi connectivity index (χ0v) is 17.3. The SMILES string of the molecule is CCOc1ccc(N2C(=O)CCS2(=O)=O)cc1S(=O)(=O)NCCCN(C)C. The summed E-state index contributed by atoms with van der Waals surface area (Å²) in [4.78, 5) is 13.7. The largest absolute Gasteiger partial charge is 0.492 e. The van der Waals surface area contributed by atoms with E-state index >= 15 is 0 Å². The van der Waals surface area contributed by atoms with Crippen molar-refractivity contribution in [2.24, 2.45) is 0 Å². The molecule has 0 spiro atoms. The summed E-state index contributed by atoms with van der Waals surface area (Å²) in [5.41, 5.74) is -0.00498. The van der Waals surface area contributed by atoms with Crippen LogP contribution in [0.25, 0.3) is 0 Å². The first-order valence-electron chi connectivity index (χ1n) is 8.55. The summed E-state index contributed by atoms with van der Waals surface area (Å²) in [5.74, 6) is -0.768. The Morgan fingerprint density at radius 2 is 2.00 bits per heavy atom. The maximum atomic E-state index is 12.7. The molecule has 0 bridgehead atoms. The molecule has 1 aliphatic heterocycles. The van der Waals surface area contributed by atoms with E-state index in [9.17, 15) is 21.6 Å². The topological polar surface area (TPSA) is 113 Å². The van der Waals surface area contributed by atoms with Gasteiger partial charge in [-0.15, -0.1) is 0 Å². The fraction of sp³-hybridized carbons (Fsp3) is 0.562. The number of rotatable bonds is 9. The number of sulfonamides is 2. The van der Waals surface area contributed by atoms with Crippen molar-refractivity contribution in [3.05, 3.63) is 18.2 Å². The Labute approximate surface area is 160 Å². The number of benzene rings is 1. The molecule has 0 aromatic heterocycles. The lowest BCUT2D eigenvalue weighted by atomic mass is 10.3. The minimum Gasteiger partial charge on any atom is -0.492 e. The van der Waals surface area contributed by atoms with Crippen molar-refractivity contribution in [3.63, 3.8) is 0 Å². The zero-order valence-electron chi connectivity index (χ0n) is 15.6. The van der Waals surface area contributed by atoms with Crippen LogP contribution < -0.4 is 13.8 Å². The summed E-state index contributed by atoms with van der Waals surface area (Å²) >= 11 is 0. The number of hydrogen-bond acceptors (Lipinski definition) is 7. The number of amides is 1. The van der Waals surface area contributed by atoms with Crippen molar-refractivity contribution in [3.8, 4) is 5.75 Å². The molecule has 152 valence electrons. The molecule has 2 rings (SSSR count). The van der Waals surface area contributed by atoms with E-state index in [4.69, 9.17) is 4.74 Å². The van der Waals surface area contributed by atoms with Crippen LogP contribution in [0.1, 0.15) is 19.8 Å². The number of carbonyl (C=O) groups is 1. The van der Waals surface area contributed by atoms with E-state index < -0.39 is 26.0 Å². The summed E-state index contributed by atoms with van der Waals surface area (Å²) in [5, 5.41) is 0. The van der Waals surface area contributed by atoms with Crippen LogP contribution in [0, 0.1) is 0 Å². The van der Waals surface area contributed by atoms with Crippen molar-refractivity contribution >= 4 is 31.6 Å². The molecule has 1 heterocycles. The van der Waals surface area contributed by atoms with Gasteiger partial charge in [0.2, 0.25) is 26.0 Å². The number of ether oxygens (including phenoxy) is 1. The van der Waals surface area contributed by atoms with Crippen molar-refractivity contribution in [1.82, 2.24) is 9.62 Å². The molecule has 1 aliphatic rings. The Morgan fingerprint density at radius 1 is 1.30 bits per heavy atom. The standard InChI is InChI=1S/C16H25N3O6S2/c1-4-25-14-7-6-13(19-16(20)8-11-26(19,21)22)12-15(14)27(23,24)17-9-5-10-18(2)3/h6-7,12,17H,4-5,8-11H2,1-3H3. The van der Waals surface area contributed by atoms with Crippen LogP contribution in [0.4, 0.5) is 5.69 Å². The van der Waals surface area contributed by atoms with E-state index in [-0.39, 0.29) is 41.7 Å². The van der Waals surface area contributed by atoms with E-state index in [1.807, 2.05) is 19.0 Å². The van der Waals surface area contributed by atoms with Gasteiger partial charge >= 0.3 is 0 Å². The van der Waals surface area contributed by atoms with Crippen LogP contribution in [-0.4, -0.2) is 67.2 Å². The number of nitrogens with one attached hydrogen (secondary N) is 1. The van der Waals surface area contributed by atoms with E-state index in [1.165, 1.54) is 18.2 Å². The van der Waals surface area contributed by atoms with Crippen molar-refractivity contribution in [1.29, 1.82) is 0 Å². The molecule has 1 aromatic rings. The normalized spacial score (nSPS) is 16.9. The Balaban J connectivity index is 2.37. The first-order valence-corrected chi connectivity index (χ1v) is 11.6. The summed E-state index contributed by atoms with van der Waals surface area (Å²) in [7, 11) is -3.95. The predicted molar refractivity (Wildman–Crippen MR) is 102 cm³/mol. The van der Waals surface area contributed by atoms with Gasteiger partial charge in [0, 0.05) is 13.0 Å². The summed E-state index contributed by atoms with van der Waals surface area (Å²) in [6.45, 7) is 2.88. The Bertz CT molecular complexity index is 897. The highest BCUT2D eigenvalue weighted by atomic mass is 32.2. The van der Waals surface area contributed by atoms with Crippen LogP contribution in [0.2, 0.25) is 0 Å². The van der Waals surface area contributed by atoms with Gasteiger partial charge in [-0.05, 0) is 52.2 Å². The molecule has 0 atom stereocenters. The summed E-state index contributed by atoms with van der Waals surface area (Å²) in [6.07, 6.45) is 0.481. The Morgan fingerprint density at radius 3 is 2.56 bits per heavy atom. The average molecular weight is 420 g/mol. The highest BCUT2D eigenvalue weighted by Gasteiger charge is 2.37. The smallest absolute Gasteiger partial charge is 0.244 e. The van der Waals surface area contributed by atoms with E-state index in [1.54, 1.807) is 6.92 Å². The molecule has 11 heteroatoms. The number of carbonyl (C=O) groups excluding carboxylic acids is 1. The molecule has 1 saturated heterocycles. The predicted octanol–water partition coefficient (Wildman–Crippen LogP) is 0.382. The lowest BCUT2D eigenvalue weighted by Crippen LogP contribution is -2.30. The highest BCUT2D eigenvalue weighted by Crippen LogP contribution is 2.32. The van der Waals surface area contributed by atoms with Gasteiger partial charge in [-0.2, -0.15) is 0 Å². The molecule has 9 nitrogen and oxygen atoms in total. The van der Waals surface area contributed by atoms with Gasteiger partial charge in [0.25, 0.3) is 0 Å². The second-order valence-electron chi connectivity index (χ2n) is 6.34. The number of hydrogen-bond donors (Lipinski definition) is 1. The lowest BCUT2D eigenvalue weighted by Gasteiger charge is -2.18. The van der Waals surface area contributed by atoms with Gasteiger partial charge in [-0.25, -0.2) is 25.9 Å². The van der Waals surface area contributed by atoms with Crippen molar-refractivity contribution in [2.45, 2.75) is 24.7 Å². The molecule has 1 aromatic carbocycles. The van der Waals surface area contributed by atoms with Crippen LogP contribution in [0.15, 0.2) is 23.1 Å². The van der Waals surface area contributed by atoms with Gasteiger partial charge in [0.05, 0.1) is 18.0 Å². The zero-order chi connectivity index (χ0) is 20.2. The van der Waals surface area contributed by atoms with Gasteiger partial charge in [-0.3, -0.25) is 4.79 Å². The fourth-order valence-electron chi connectivity index (χ4n) is 2.66. The second-order valence-corrected chi connectivity index (χ2v) is 10.0. The third kappa shape index (κ3) is 5.18. The number of nitrogens with zero attached hydrogens (tertiary/aromatic N) is 2. The minimum absolute atomic E-state index is 0.00498. The third-order valence-electron chi connectivity index (χ3n) is 3.90. The average Bonchev–Trinajstić information content (AvgIpc) is 2.85. The van der Waals surface area contributed by atoms with Crippen LogP contribution >= 0.6 is 0 Å². The van der Waals surface area contributed by atoms with Crippen LogP contribution in [-0.2, 0) is 24.8 Å². The van der Waals surface area contributed by atoms with Gasteiger partial charge < -0.3 is 9.64 Å². The van der Waals surface area contributed by atoms with Crippen molar-refractivity contribution in [2.75, 3.05) is 43.8 Å². The maximum Gasteiger partial charge on any atom is 0.244 e. The second kappa shape index (κ2) is 8.55. The van der Waals surface area contributed by atoms with Crippen LogP contribution in [0.3, 0.4) is 0 Å². The van der Waals surface area contributed by atoms with Gasteiger partial charge in [0.1, 0.15) is 10.6 Å². The molecule has 1 N–H and O–H groups in total. The van der Waals surface area contributed by atoms with Crippen molar-refractivity contribution < 1.29 is 26.4 Å². The van der Waals surface area contributed by atoms with Crippen LogP contribution in [0.5, 0.6) is 5.75 Å². The highest BCUT2D eigenvalue weighted by molar-refractivity contribution is 7.94. The Hall–Kier alpha value is -1.69. The quantitative estimate of drug-likeness (QED) is 0.576. The first-order chi connectivity index (χ1) is 12.6. The molecule has 27 heavy (non-hydrogen) atoms. The summed E-state index contributed by atoms with van der Waals surface area (Å²) in [6, 6.07) is 3.91. The molecule has 1 fully saturated rings. The minimum atomic E-state index is -3.94. The maximum absolute atomic E-state index is 12.7. The lowest BCUT2D eigenvalue weighted by molar-refractivity contribution is -0.116. The van der Waals surface area contributed by atoms with Gasteiger partial charge in [0.15, 0.2) is 0 Å². The monoisotopic (exact) mass is 419 g/mol. The first kappa shape index (κ1) is 21.6. The molecule has 0 radical (unpaired) electrons. The third-order valence-corrected chi connectivity index (χ3v) is 7.08. The molecular formula is C16H25N3O6S2. The molecule has 0 saturated carbocycles. The number of anilines is 1. The Kier molecular flexibility index (Phi) is 6.84. The van der Waals surface area contributed by atoms with Gasteiger partial charge in [-0.1, -0.05) is 0 Å². The molecule has 1 amide bonds. The molecule has 0 unspecified atom stereocenters.